The van der Waals surface area contributed by atoms with E-state index in [-0.39, 0.29) is 10.8 Å². The molecule has 0 fully saturated rings. The first-order valence-corrected chi connectivity index (χ1v) is 20.3. The van der Waals surface area contributed by atoms with Gasteiger partial charge < -0.3 is 18.9 Å². The Bertz CT molecular complexity index is 335. The Labute approximate surface area is 206 Å². The highest BCUT2D eigenvalue weighted by Gasteiger charge is 2.33. The van der Waals surface area contributed by atoms with Gasteiger partial charge in [0, 0.05) is 26.4 Å². The molecular formula is C20H46O4S4Si2. The first kappa shape index (κ1) is 31.7. The molecule has 0 N–H and O–H groups in total. The van der Waals surface area contributed by atoms with E-state index < -0.39 is 19.0 Å². The number of hydrogen-bond acceptors (Lipinski definition) is 8. The van der Waals surface area contributed by atoms with Crippen molar-refractivity contribution in [2.24, 2.45) is 0 Å². The summed E-state index contributed by atoms with van der Waals surface area (Å²) in [5.74, 6) is 1.83. The largest absolute Gasteiger partial charge is 0.354 e. The third-order valence-electron chi connectivity index (χ3n) is 4.22. The van der Waals surface area contributed by atoms with Gasteiger partial charge in [-0.3, -0.25) is 0 Å². The lowest BCUT2D eigenvalue weighted by molar-refractivity contribution is -0.165. The third kappa shape index (κ3) is 14.7. The normalized spacial score (nSPS) is 13.4. The quantitative estimate of drug-likeness (QED) is 0.0695. The van der Waals surface area contributed by atoms with E-state index in [1.807, 2.05) is 41.2 Å². The molecule has 182 valence electrons. The average Bonchev–Trinajstić information content (AvgIpc) is 2.75. The molecule has 4 nitrogen and oxygen atoms in total. The molecule has 0 aromatic carbocycles. The van der Waals surface area contributed by atoms with Crippen molar-refractivity contribution in [2.75, 3.05) is 37.9 Å². The van der Waals surface area contributed by atoms with Gasteiger partial charge in [-0.1, -0.05) is 75.2 Å². The van der Waals surface area contributed by atoms with Crippen LogP contribution in [-0.2, 0) is 18.9 Å². The minimum atomic E-state index is -0.429. The summed E-state index contributed by atoms with van der Waals surface area (Å²) in [6.45, 7) is 16.3. The molecule has 0 spiro atoms. The molecule has 0 heterocycles. The summed E-state index contributed by atoms with van der Waals surface area (Å²) in [7, 11) is 6.57. The monoisotopic (exact) mass is 534 g/mol. The maximum Gasteiger partial charge on any atom is 0.154 e. The fourth-order valence-corrected chi connectivity index (χ4v) is 14.4. The van der Waals surface area contributed by atoms with Crippen LogP contribution in [0.15, 0.2) is 0 Å². The summed E-state index contributed by atoms with van der Waals surface area (Å²) in [5, 5.41) is 0. The molecule has 0 aromatic rings. The number of hydrogen-bond donors (Lipinski definition) is 0. The Hall–Kier alpha value is 1.67. The Balaban J connectivity index is 4.59. The zero-order valence-corrected chi connectivity index (χ0v) is 26.3. The first-order valence-electron chi connectivity index (χ1n) is 11.7. The van der Waals surface area contributed by atoms with E-state index in [1.165, 1.54) is 12.1 Å². The Kier molecular flexibility index (Phi) is 22.4. The second-order valence-corrected chi connectivity index (χ2v) is 18.5. The molecule has 0 bridgehead atoms. The second kappa shape index (κ2) is 21.2. The summed E-state index contributed by atoms with van der Waals surface area (Å²) in [6.07, 6.45) is 4.15. The summed E-state index contributed by atoms with van der Waals surface area (Å²) in [4.78, 5) is 0. The molecular weight excluding hydrogens is 489 g/mol. The second-order valence-electron chi connectivity index (χ2n) is 7.38. The van der Waals surface area contributed by atoms with Crippen molar-refractivity contribution in [3.8, 4) is 0 Å². The van der Waals surface area contributed by atoms with Crippen LogP contribution in [0.1, 0.15) is 67.2 Å². The highest BCUT2D eigenvalue weighted by atomic mass is 33.7. The minimum absolute atomic E-state index is 0.309. The van der Waals surface area contributed by atoms with Gasteiger partial charge in [0.05, 0.1) is 30.5 Å². The van der Waals surface area contributed by atoms with E-state index in [0.29, 0.717) is 0 Å². The van der Waals surface area contributed by atoms with Gasteiger partial charge in [0.25, 0.3) is 0 Å². The molecule has 0 aliphatic rings. The highest BCUT2D eigenvalue weighted by Crippen LogP contribution is 2.46. The molecule has 0 atom stereocenters. The van der Waals surface area contributed by atoms with Gasteiger partial charge >= 0.3 is 0 Å². The van der Waals surface area contributed by atoms with Crippen LogP contribution in [-0.4, -0.2) is 67.8 Å². The van der Waals surface area contributed by atoms with Gasteiger partial charge in [0.15, 0.2) is 10.8 Å². The third-order valence-corrected chi connectivity index (χ3v) is 15.3. The van der Waals surface area contributed by atoms with Crippen LogP contribution in [0.25, 0.3) is 0 Å². The molecule has 10 heteroatoms. The van der Waals surface area contributed by atoms with Crippen LogP contribution in [0.4, 0.5) is 0 Å². The lowest BCUT2D eigenvalue weighted by Crippen LogP contribution is -2.45. The maximum absolute atomic E-state index is 6.26. The Morgan fingerprint density at radius 2 is 0.833 bits per heavy atom. The van der Waals surface area contributed by atoms with Gasteiger partial charge in [-0.25, -0.2) is 0 Å². The number of ether oxygens (including phenoxy) is 4. The van der Waals surface area contributed by atoms with Crippen molar-refractivity contribution >= 4 is 60.3 Å². The van der Waals surface area contributed by atoms with Gasteiger partial charge in [-0.2, -0.15) is 0 Å². The molecule has 0 aliphatic heterocycles. The van der Waals surface area contributed by atoms with Gasteiger partial charge in [-0.15, -0.1) is 0 Å². The summed E-state index contributed by atoms with van der Waals surface area (Å²) in [6, 6.07) is 2.41. The van der Waals surface area contributed by atoms with Crippen molar-refractivity contribution in [3.05, 3.63) is 0 Å². The molecule has 0 saturated heterocycles. The molecule has 30 heavy (non-hydrogen) atoms. The summed E-state index contributed by atoms with van der Waals surface area (Å²) >= 11 is 0. The molecule has 0 radical (unpaired) electrons. The van der Waals surface area contributed by atoms with Crippen molar-refractivity contribution in [1.29, 1.82) is 0 Å². The van der Waals surface area contributed by atoms with Crippen LogP contribution >= 0.6 is 41.2 Å². The zero-order valence-electron chi connectivity index (χ0n) is 20.2. The van der Waals surface area contributed by atoms with E-state index in [0.717, 1.165) is 63.6 Å². The van der Waals surface area contributed by atoms with Gasteiger partial charge in [0.1, 0.15) is 0 Å². The van der Waals surface area contributed by atoms with Crippen molar-refractivity contribution in [1.82, 2.24) is 0 Å². The lowest BCUT2D eigenvalue weighted by atomic mass is 10.5. The molecule has 0 unspecified atom stereocenters. The lowest BCUT2D eigenvalue weighted by Gasteiger charge is -2.34. The van der Waals surface area contributed by atoms with E-state index in [4.69, 9.17) is 18.9 Å². The summed E-state index contributed by atoms with van der Waals surface area (Å²) in [5.41, 5.74) is -0.617. The maximum atomic E-state index is 6.26. The predicted molar refractivity (Wildman–Crippen MR) is 149 cm³/mol. The van der Waals surface area contributed by atoms with Gasteiger partial charge in [-0.05, 0) is 45.3 Å². The Morgan fingerprint density at radius 1 is 0.533 bits per heavy atom. The molecule has 0 rings (SSSR count). The standard InChI is InChI=1S/C20H46O4S4Si2/c1-7-13-21-19(29-11-5,22-14-8-2)17-25-27-28-26-18-20(30-12-6,23-15-9-3)24-16-10-4/h7-18,29-30H2,1-6H3. The minimum Gasteiger partial charge on any atom is -0.354 e. The summed E-state index contributed by atoms with van der Waals surface area (Å²) < 4.78 is 25.0. The van der Waals surface area contributed by atoms with Crippen LogP contribution in [0, 0.1) is 0 Å². The van der Waals surface area contributed by atoms with E-state index in [9.17, 15) is 0 Å². The van der Waals surface area contributed by atoms with Crippen LogP contribution in [0.2, 0.25) is 12.1 Å². The number of rotatable bonds is 23. The molecule has 0 amide bonds. The van der Waals surface area contributed by atoms with Crippen LogP contribution in [0.3, 0.4) is 0 Å². The topological polar surface area (TPSA) is 36.9 Å². The van der Waals surface area contributed by atoms with E-state index in [1.54, 1.807) is 0 Å². The highest BCUT2D eigenvalue weighted by molar-refractivity contribution is 9.26. The SMILES string of the molecule is CCCOC(CSSSSCC(OCCC)(OCCC)[SiH2]CC)(OCCC)[SiH2]CC. The predicted octanol–water partition coefficient (Wildman–Crippen LogP) is 5.89. The fourth-order valence-electron chi connectivity index (χ4n) is 2.86. The molecule has 0 aromatic heterocycles. The van der Waals surface area contributed by atoms with Crippen molar-refractivity contribution < 1.29 is 18.9 Å². The first-order chi connectivity index (χ1) is 14.6. The van der Waals surface area contributed by atoms with Gasteiger partial charge in [0.2, 0.25) is 0 Å². The van der Waals surface area contributed by atoms with Crippen molar-refractivity contribution in [3.63, 3.8) is 0 Å². The van der Waals surface area contributed by atoms with Crippen LogP contribution < -0.4 is 0 Å². The van der Waals surface area contributed by atoms with E-state index in [2.05, 4.69) is 41.5 Å². The molecule has 0 aliphatic carbocycles. The van der Waals surface area contributed by atoms with Crippen molar-refractivity contribution in [2.45, 2.75) is 90.1 Å². The molecule has 0 saturated carbocycles. The van der Waals surface area contributed by atoms with Crippen LogP contribution in [0.5, 0.6) is 0 Å². The van der Waals surface area contributed by atoms with E-state index >= 15 is 0 Å². The smallest absolute Gasteiger partial charge is 0.154 e. The Morgan fingerprint density at radius 3 is 1.07 bits per heavy atom. The average molecular weight is 535 g/mol. The fraction of sp³-hybridized carbons (Fsp3) is 1.00. The zero-order chi connectivity index (χ0) is 22.6.